The topological polar surface area (TPSA) is 80.0 Å². The third-order valence-electron chi connectivity index (χ3n) is 3.67. The van der Waals surface area contributed by atoms with Crippen LogP contribution in [-0.4, -0.2) is 31.6 Å². The fourth-order valence-electron chi connectivity index (χ4n) is 2.48. The molecule has 1 aromatic carbocycles. The standard InChI is InChI=1S/C14H16N4O2/c19-13(14(20)7-1-2-8-14)16-11-3-5-12(6-4-11)18-10-9-15-17-18/h3-6,9-10,20H,1-2,7-8H2,(H,16,19). The number of aromatic nitrogens is 3. The van der Waals surface area contributed by atoms with Gasteiger partial charge in [-0.3, -0.25) is 4.79 Å². The minimum absolute atomic E-state index is 0.316. The number of nitrogens with one attached hydrogen (secondary N) is 1. The van der Waals surface area contributed by atoms with Crippen LogP contribution in [0.25, 0.3) is 5.69 Å². The third kappa shape index (κ3) is 2.42. The summed E-state index contributed by atoms with van der Waals surface area (Å²) in [6.45, 7) is 0. The number of nitrogens with zero attached hydrogens (tertiary/aromatic N) is 3. The Bertz CT molecular complexity index is 586. The third-order valence-corrected chi connectivity index (χ3v) is 3.67. The lowest BCUT2D eigenvalue weighted by Gasteiger charge is -2.20. The molecule has 0 spiro atoms. The van der Waals surface area contributed by atoms with Gasteiger partial charge in [0.15, 0.2) is 0 Å². The van der Waals surface area contributed by atoms with Gasteiger partial charge in [0.25, 0.3) is 5.91 Å². The second-order valence-corrected chi connectivity index (χ2v) is 5.09. The SMILES string of the molecule is O=C(Nc1ccc(-n2ccnn2)cc1)C1(O)CCCC1. The minimum Gasteiger partial charge on any atom is -0.380 e. The first-order chi connectivity index (χ1) is 9.67. The maximum absolute atomic E-state index is 12.1. The number of carbonyl (C=O) groups excluding carboxylic acids is 1. The van der Waals surface area contributed by atoms with Crippen molar-refractivity contribution in [2.45, 2.75) is 31.3 Å². The van der Waals surface area contributed by atoms with Gasteiger partial charge < -0.3 is 10.4 Å². The second-order valence-electron chi connectivity index (χ2n) is 5.09. The quantitative estimate of drug-likeness (QED) is 0.887. The lowest BCUT2D eigenvalue weighted by molar-refractivity contribution is -0.133. The van der Waals surface area contributed by atoms with Crippen molar-refractivity contribution in [1.82, 2.24) is 15.0 Å². The Kier molecular flexibility index (Phi) is 3.23. The number of anilines is 1. The van der Waals surface area contributed by atoms with Crippen molar-refractivity contribution in [2.75, 3.05) is 5.32 Å². The summed E-state index contributed by atoms with van der Waals surface area (Å²) in [7, 11) is 0. The Morgan fingerprint density at radius 1 is 1.25 bits per heavy atom. The molecule has 20 heavy (non-hydrogen) atoms. The van der Waals surface area contributed by atoms with Crippen LogP contribution in [0.5, 0.6) is 0 Å². The average molecular weight is 272 g/mol. The van der Waals surface area contributed by atoms with Crippen molar-refractivity contribution in [2.24, 2.45) is 0 Å². The lowest BCUT2D eigenvalue weighted by Crippen LogP contribution is -2.40. The van der Waals surface area contributed by atoms with Crippen molar-refractivity contribution in [1.29, 1.82) is 0 Å². The van der Waals surface area contributed by atoms with Crippen LogP contribution in [0.15, 0.2) is 36.7 Å². The van der Waals surface area contributed by atoms with E-state index in [0.29, 0.717) is 18.5 Å². The van der Waals surface area contributed by atoms with Crippen LogP contribution in [0.2, 0.25) is 0 Å². The predicted molar refractivity (Wildman–Crippen MR) is 73.4 cm³/mol. The number of aliphatic hydroxyl groups is 1. The summed E-state index contributed by atoms with van der Waals surface area (Å²) in [5.41, 5.74) is 0.323. The Morgan fingerprint density at radius 3 is 2.55 bits per heavy atom. The van der Waals surface area contributed by atoms with E-state index in [-0.39, 0.29) is 5.91 Å². The lowest BCUT2D eigenvalue weighted by atomic mass is 10.0. The monoisotopic (exact) mass is 272 g/mol. The first kappa shape index (κ1) is 12.8. The molecule has 6 nitrogen and oxygen atoms in total. The van der Waals surface area contributed by atoms with Crippen LogP contribution >= 0.6 is 0 Å². The molecule has 2 aromatic rings. The molecule has 1 aliphatic carbocycles. The Morgan fingerprint density at radius 2 is 1.95 bits per heavy atom. The van der Waals surface area contributed by atoms with E-state index in [0.717, 1.165) is 18.5 Å². The molecule has 1 saturated carbocycles. The highest BCUT2D eigenvalue weighted by molar-refractivity contribution is 5.97. The van der Waals surface area contributed by atoms with E-state index in [2.05, 4.69) is 15.6 Å². The minimum atomic E-state index is -1.20. The fraction of sp³-hybridized carbons (Fsp3) is 0.357. The van der Waals surface area contributed by atoms with Crippen molar-refractivity contribution in [3.8, 4) is 5.69 Å². The predicted octanol–water partition coefficient (Wildman–Crippen LogP) is 1.51. The Balaban J connectivity index is 1.71. The van der Waals surface area contributed by atoms with E-state index in [1.54, 1.807) is 29.2 Å². The van der Waals surface area contributed by atoms with Crippen molar-refractivity contribution >= 4 is 11.6 Å². The Labute approximate surface area is 116 Å². The van der Waals surface area contributed by atoms with Gasteiger partial charge >= 0.3 is 0 Å². The number of benzene rings is 1. The molecule has 1 fully saturated rings. The summed E-state index contributed by atoms with van der Waals surface area (Å²) >= 11 is 0. The summed E-state index contributed by atoms with van der Waals surface area (Å²) < 4.78 is 1.64. The highest BCUT2D eigenvalue weighted by atomic mass is 16.3. The molecule has 1 heterocycles. The number of hydrogen-bond acceptors (Lipinski definition) is 4. The summed E-state index contributed by atoms with van der Waals surface area (Å²) in [6, 6.07) is 7.24. The first-order valence-electron chi connectivity index (χ1n) is 6.68. The molecule has 0 unspecified atom stereocenters. The van der Waals surface area contributed by atoms with Gasteiger partial charge in [-0.2, -0.15) is 0 Å². The van der Waals surface area contributed by atoms with Crippen molar-refractivity contribution in [3.63, 3.8) is 0 Å². The van der Waals surface area contributed by atoms with Gasteiger partial charge in [0.05, 0.1) is 18.1 Å². The van der Waals surface area contributed by atoms with Gasteiger partial charge in [0.2, 0.25) is 0 Å². The molecule has 104 valence electrons. The van der Waals surface area contributed by atoms with Crippen LogP contribution in [0, 0.1) is 0 Å². The fourth-order valence-corrected chi connectivity index (χ4v) is 2.48. The molecule has 1 aliphatic rings. The van der Waals surface area contributed by atoms with Crippen LogP contribution in [0.1, 0.15) is 25.7 Å². The summed E-state index contributed by atoms with van der Waals surface area (Å²) in [5.74, 6) is -0.316. The molecular formula is C14H16N4O2. The average Bonchev–Trinajstić information content (AvgIpc) is 3.11. The van der Waals surface area contributed by atoms with Gasteiger partial charge in [-0.05, 0) is 49.9 Å². The molecule has 0 bridgehead atoms. The molecule has 3 rings (SSSR count). The van der Waals surface area contributed by atoms with E-state index in [1.165, 1.54) is 0 Å². The maximum atomic E-state index is 12.1. The highest BCUT2D eigenvalue weighted by Gasteiger charge is 2.38. The normalized spacial score (nSPS) is 17.1. The van der Waals surface area contributed by atoms with E-state index in [4.69, 9.17) is 0 Å². The molecule has 0 atom stereocenters. The number of carbonyl (C=O) groups is 1. The van der Waals surface area contributed by atoms with E-state index >= 15 is 0 Å². The molecule has 2 N–H and O–H groups in total. The summed E-state index contributed by atoms with van der Waals surface area (Å²) in [5, 5.41) is 20.6. The molecule has 0 aliphatic heterocycles. The van der Waals surface area contributed by atoms with Crippen LogP contribution in [0.4, 0.5) is 5.69 Å². The first-order valence-corrected chi connectivity index (χ1v) is 6.68. The second kappa shape index (κ2) is 5.05. The summed E-state index contributed by atoms with van der Waals surface area (Å²) in [4.78, 5) is 12.1. The molecular weight excluding hydrogens is 256 g/mol. The Hall–Kier alpha value is -2.21. The van der Waals surface area contributed by atoms with Crippen LogP contribution in [-0.2, 0) is 4.79 Å². The number of amides is 1. The molecule has 0 saturated heterocycles. The molecule has 1 amide bonds. The van der Waals surface area contributed by atoms with Crippen LogP contribution in [0.3, 0.4) is 0 Å². The van der Waals surface area contributed by atoms with Gasteiger partial charge in [-0.15, -0.1) is 5.10 Å². The van der Waals surface area contributed by atoms with Gasteiger partial charge in [-0.25, -0.2) is 4.68 Å². The van der Waals surface area contributed by atoms with E-state index < -0.39 is 5.60 Å². The summed E-state index contributed by atoms with van der Waals surface area (Å²) in [6.07, 6.45) is 6.22. The maximum Gasteiger partial charge on any atom is 0.256 e. The van der Waals surface area contributed by atoms with E-state index in [9.17, 15) is 9.90 Å². The van der Waals surface area contributed by atoms with Gasteiger partial charge in [0, 0.05) is 5.69 Å². The largest absolute Gasteiger partial charge is 0.380 e. The van der Waals surface area contributed by atoms with E-state index in [1.807, 2.05) is 12.1 Å². The van der Waals surface area contributed by atoms with Crippen LogP contribution < -0.4 is 5.32 Å². The zero-order chi connectivity index (χ0) is 14.0. The molecule has 1 aromatic heterocycles. The van der Waals surface area contributed by atoms with Crippen molar-refractivity contribution < 1.29 is 9.90 Å². The zero-order valence-electron chi connectivity index (χ0n) is 11.0. The number of rotatable bonds is 3. The van der Waals surface area contributed by atoms with Crippen molar-refractivity contribution in [3.05, 3.63) is 36.7 Å². The van der Waals surface area contributed by atoms with Gasteiger partial charge in [0.1, 0.15) is 5.60 Å². The van der Waals surface area contributed by atoms with Gasteiger partial charge in [-0.1, -0.05) is 5.21 Å². The number of hydrogen-bond donors (Lipinski definition) is 2. The molecule has 6 heteroatoms. The smallest absolute Gasteiger partial charge is 0.256 e. The zero-order valence-corrected chi connectivity index (χ0v) is 11.0. The molecule has 0 radical (unpaired) electrons. The highest BCUT2D eigenvalue weighted by Crippen LogP contribution is 2.30.